The summed E-state index contributed by atoms with van der Waals surface area (Å²) in [6.45, 7) is 4.91. The Hall–Kier alpha value is -3.33. The number of hydrogen-bond donors (Lipinski definition) is 2. The summed E-state index contributed by atoms with van der Waals surface area (Å²) in [7, 11) is 0. The molecule has 0 radical (unpaired) electrons. The summed E-state index contributed by atoms with van der Waals surface area (Å²) in [5.74, 6) is 0.701. The lowest BCUT2D eigenvalue weighted by Gasteiger charge is -2.10. The quantitative estimate of drug-likeness (QED) is 0.510. The number of aryl methyl sites for hydroxylation is 1. The van der Waals surface area contributed by atoms with Crippen molar-refractivity contribution in [2.45, 2.75) is 32.2 Å². The molecule has 0 unspecified atom stereocenters. The lowest BCUT2D eigenvalue weighted by atomic mass is 10.1. The molecule has 1 aromatic heterocycles. The number of benzene rings is 2. The van der Waals surface area contributed by atoms with E-state index in [-0.39, 0.29) is 23.8 Å². The number of para-hydroxylation sites is 1. The SMILES string of the molecule is CCn1c(COc2cccc(C)c2)nnc1SCC(=O)Nc1ccccc1C(N)=O. The van der Waals surface area contributed by atoms with Gasteiger partial charge in [0.2, 0.25) is 5.91 Å². The Morgan fingerprint density at radius 3 is 2.70 bits per heavy atom. The van der Waals surface area contributed by atoms with Crippen LogP contribution in [-0.2, 0) is 17.9 Å². The van der Waals surface area contributed by atoms with Crippen molar-refractivity contribution in [3.8, 4) is 5.75 Å². The first-order chi connectivity index (χ1) is 14.5. The molecule has 0 saturated heterocycles. The second-order valence-corrected chi connectivity index (χ2v) is 7.44. The maximum atomic E-state index is 12.3. The van der Waals surface area contributed by atoms with Crippen LogP contribution >= 0.6 is 11.8 Å². The number of aromatic nitrogens is 3. The van der Waals surface area contributed by atoms with Crippen molar-refractivity contribution < 1.29 is 14.3 Å². The topological polar surface area (TPSA) is 112 Å². The first kappa shape index (κ1) is 21.4. The van der Waals surface area contributed by atoms with Crippen LogP contribution in [0, 0.1) is 6.92 Å². The highest BCUT2D eigenvalue weighted by Crippen LogP contribution is 2.20. The minimum absolute atomic E-state index is 0.115. The van der Waals surface area contributed by atoms with Crippen molar-refractivity contribution in [2.75, 3.05) is 11.1 Å². The average molecular weight is 426 g/mol. The predicted octanol–water partition coefficient (Wildman–Crippen LogP) is 3.02. The smallest absolute Gasteiger partial charge is 0.250 e. The van der Waals surface area contributed by atoms with E-state index in [4.69, 9.17) is 10.5 Å². The van der Waals surface area contributed by atoms with Crippen LogP contribution in [0.5, 0.6) is 5.75 Å². The molecular formula is C21H23N5O3S. The molecule has 0 aliphatic carbocycles. The van der Waals surface area contributed by atoms with E-state index in [1.165, 1.54) is 11.8 Å². The van der Waals surface area contributed by atoms with Gasteiger partial charge in [0.25, 0.3) is 5.91 Å². The molecule has 0 bridgehead atoms. The van der Waals surface area contributed by atoms with Gasteiger partial charge in [-0.15, -0.1) is 10.2 Å². The van der Waals surface area contributed by atoms with Gasteiger partial charge in [-0.1, -0.05) is 36.0 Å². The summed E-state index contributed by atoms with van der Waals surface area (Å²) < 4.78 is 7.72. The number of nitrogens with one attached hydrogen (secondary N) is 1. The average Bonchev–Trinajstić information content (AvgIpc) is 3.13. The first-order valence-corrected chi connectivity index (χ1v) is 10.4. The zero-order chi connectivity index (χ0) is 21.5. The van der Waals surface area contributed by atoms with E-state index < -0.39 is 5.91 Å². The second kappa shape index (κ2) is 9.93. The van der Waals surface area contributed by atoms with Crippen LogP contribution in [0.1, 0.15) is 28.7 Å². The molecule has 1 heterocycles. The Bertz CT molecular complexity index is 1050. The number of hydrogen-bond acceptors (Lipinski definition) is 6. The molecule has 0 spiro atoms. The number of thioether (sulfide) groups is 1. The molecule has 2 aromatic carbocycles. The molecule has 3 rings (SSSR count). The molecule has 0 aliphatic rings. The van der Waals surface area contributed by atoms with E-state index in [0.717, 1.165) is 11.3 Å². The lowest BCUT2D eigenvalue weighted by Crippen LogP contribution is -2.19. The summed E-state index contributed by atoms with van der Waals surface area (Å²) in [5, 5.41) is 11.7. The minimum atomic E-state index is -0.595. The van der Waals surface area contributed by atoms with Crippen molar-refractivity contribution >= 4 is 29.3 Å². The molecule has 0 fully saturated rings. The van der Waals surface area contributed by atoms with Crippen molar-refractivity contribution in [3.05, 3.63) is 65.5 Å². The summed E-state index contributed by atoms with van der Waals surface area (Å²) in [6, 6.07) is 14.4. The van der Waals surface area contributed by atoms with Crippen LogP contribution in [0.2, 0.25) is 0 Å². The van der Waals surface area contributed by atoms with E-state index in [0.29, 0.717) is 23.2 Å². The van der Waals surface area contributed by atoms with Gasteiger partial charge >= 0.3 is 0 Å². The van der Waals surface area contributed by atoms with Gasteiger partial charge in [-0.2, -0.15) is 0 Å². The van der Waals surface area contributed by atoms with Crippen molar-refractivity contribution in [3.63, 3.8) is 0 Å². The minimum Gasteiger partial charge on any atom is -0.486 e. The molecule has 0 atom stereocenters. The fourth-order valence-electron chi connectivity index (χ4n) is 2.83. The maximum absolute atomic E-state index is 12.3. The fraction of sp³-hybridized carbons (Fsp3) is 0.238. The summed E-state index contributed by atoms with van der Waals surface area (Å²) in [4.78, 5) is 23.8. The van der Waals surface area contributed by atoms with E-state index in [2.05, 4.69) is 15.5 Å². The third kappa shape index (κ3) is 5.38. The number of nitrogens with zero attached hydrogens (tertiary/aromatic N) is 3. The van der Waals surface area contributed by atoms with Gasteiger partial charge in [0.05, 0.1) is 17.0 Å². The Balaban J connectivity index is 1.60. The third-order valence-electron chi connectivity index (χ3n) is 4.27. The maximum Gasteiger partial charge on any atom is 0.250 e. The van der Waals surface area contributed by atoms with E-state index in [9.17, 15) is 9.59 Å². The molecule has 3 aromatic rings. The first-order valence-electron chi connectivity index (χ1n) is 9.41. The van der Waals surface area contributed by atoms with Crippen LogP contribution in [0.4, 0.5) is 5.69 Å². The number of amides is 2. The highest BCUT2D eigenvalue weighted by molar-refractivity contribution is 7.99. The van der Waals surface area contributed by atoms with Crippen molar-refractivity contribution in [1.29, 1.82) is 0 Å². The molecule has 8 nitrogen and oxygen atoms in total. The molecule has 0 saturated carbocycles. The number of rotatable bonds is 9. The van der Waals surface area contributed by atoms with Crippen molar-refractivity contribution in [1.82, 2.24) is 14.8 Å². The standard InChI is InChI=1S/C21H23N5O3S/c1-3-26-18(12-29-15-8-6-7-14(2)11-15)24-25-21(26)30-13-19(27)23-17-10-5-4-9-16(17)20(22)28/h4-11H,3,12-13H2,1-2H3,(H2,22,28)(H,23,27). The van der Waals surface area contributed by atoms with Gasteiger partial charge < -0.3 is 20.4 Å². The fourth-order valence-corrected chi connectivity index (χ4v) is 3.65. The summed E-state index contributed by atoms with van der Waals surface area (Å²) in [5.41, 5.74) is 7.12. The van der Waals surface area contributed by atoms with Gasteiger partial charge in [-0.3, -0.25) is 9.59 Å². The van der Waals surface area contributed by atoms with E-state index in [1.54, 1.807) is 24.3 Å². The molecular weight excluding hydrogens is 402 g/mol. The number of ether oxygens (including phenoxy) is 1. The largest absolute Gasteiger partial charge is 0.486 e. The molecule has 156 valence electrons. The number of carbonyl (C=O) groups excluding carboxylic acids is 2. The van der Waals surface area contributed by atoms with Crippen LogP contribution in [-0.4, -0.2) is 32.3 Å². The zero-order valence-corrected chi connectivity index (χ0v) is 17.6. The normalized spacial score (nSPS) is 10.6. The highest BCUT2D eigenvalue weighted by atomic mass is 32.2. The molecule has 30 heavy (non-hydrogen) atoms. The van der Waals surface area contributed by atoms with Gasteiger partial charge in [-0.05, 0) is 43.7 Å². The molecule has 3 N–H and O–H groups in total. The second-order valence-electron chi connectivity index (χ2n) is 6.49. The van der Waals surface area contributed by atoms with Gasteiger partial charge in [0.15, 0.2) is 11.0 Å². The number of carbonyl (C=O) groups is 2. The monoisotopic (exact) mass is 425 g/mol. The highest BCUT2D eigenvalue weighted by Gasteiger charge is 2.15. The van der Waals surface area contributed by atoms with Gasteiger partial charge in [0.1, 0.15) is 12.4 Å². The number of primary amides is 1. The number of nitrogens with two attached hydrogens (primary N) is 1. The van der Waals surface area contributed by atoms with Crippen LogP contribution < -0.4 is 15.8 Å². The Morgan fingerprint density at radius 2 is 1.97 bits per heavy atom. The molecule has 0 aliphatic heterocycles. The molecule has 9 heteroatoms. The van der Waals surface area contributed by atoms with Crippen LogP contribution in [0.15, 0.2) is 53.7 Å². The Labute approximate surface area is 178 Å². The predicted molar refractivity (Wildman–Crippen MR) is 116 cm³/mol. The summed E-state index contributed by atoms with van der Waals surface area (Å²) >= 11 is 1.26. The zero-order valence-electron chi connectivity index (χ0n) is 16.8. The number of anilines is 1. The van der Waals surface area contributed by atoms with Crippen molar-refractivity contribution in [2.24, 2.45) is 5.73 Å². The summed E-state index contributed by atoms with van der Waals surface area (Å²) in [6.07, 6.45) is 0. The Kier molecular flexibility index (Phi) is 7.08. The van der Waals surface area contributed by atoms with E-state index >= 15 is 0 Å². The van der Waals surface area contributed by atoms with Crippen LogP contribution in [0.25, 0.3) is 0 Å². The van der Waals surface area contributed by atoms with Crippen LogP contribution in [0.3, 0.4) is 0 Å². The van der Waals surface area contributed by atoms with Gasteiger partial charge in [-0.25, -0.2) is 0 Å². The van der Waals surface area contributed by atoms with Gasteiger partial charge in [0, 0.05) is 6.54 Å². The third-order valence-corrected chi connectivity index (χ3v) is 5.23. The Morgan fingerprint density at radius 1 is 1.17 bits per heavy atom. The molecule has 2 amide bonds. The lowest BCUT2D eigenvalue weighted by molar-refractivity contribution is -0.113. The van der Waals surface area contributed by atoms with E-state index in [1.807, 2.05) is 42.7 Å².